The third-order valence-corrected chi connectivity index (χ3v) is 6.18. The smallest absolute Gasteiger partial charge is 0.416 e. The number of benzene rings is 1. The van der Waals surface area contributed by atoms with Gasteiger partial charge in [-0.1, -0.05) is 17.4 Å². The summed E-state index contributed by atoms with van der Waals surface area (Å²) in [5.74, 6) is -2.99. The van der Waals surface area contributed by atoms with Crippen molar-refractivity contribution in [2.24, 2.45) is 0 Å². The van der Waals surface area contributed by atoms with Gasteiger partial charge in [-0.05, 0) is 44.4 Å². The standard InChI is InChI=1S/C16H14F2N7O3.C5H9F3O.C4H8O.Re/c17-16(18)7-20-15(27)25(8-16)6-9-1-2-10-11(3-9)23-13(22-10)5-19-14(26)12-4-21-28-24-12;1-4(2,9-3)5(6,7)8;1-5-4-2-3-4;/h1-3H,5-8H2,(H,19,26)(H,20,27)(H,22,23);1-3H3;4H,2-3H2,1H3;/q-1;;;. The van der Waals surface area contributed by atoms with Gasteiger partial charge in [0.25, 0.3) is 5.92 Å². The molecule has 18 heteroatoms. The van der Waals surface area contributed by atoms with Crippen molar-refractivity contribution in [2.75, 3.05) is 27.3 Å². The van der Waals surface area contributed by atoms with Crippen molar-refractivity contribution in [1.82, 2.24) is 35.8 Å². The molecule has 3 heterocycles. The summed E-state index contributed by atoms with van der Waals surface area (Å²) < 4.78 is 75.5. The van der Waals surface area contributed by atoms with Crippen molar-refractivity contribution in [3.8, 4) is 0 Å². The minimum atomic E-state index is -4.28. The number of nitrogens with zero attached hydrogens (tertiary/aromatic N) is 4. The van der Waals surface area contributed by atoms with Gasteiger partial charge in [0, 0.05) is 46.9 Å². The SMILES string of the molecule is COC(C)(C)C(F)(F)F.COC1CC1.O=C(NCc1nc2ccc(CN3CC(F)(F)CNC3=O)cc2[nH]1)c1[c-]non1.[Re]. The predicted octanol–water partition coefficient (Wildman–Crippen LogP) is 3.60. The summed E-state index contributed by atoms with van der Waals surface area (Å²) in [5, 5.41) is 11.4. The summed E-state index contributed by atoms with van der Waals surface area (Å²) in [6, 6.07) is 4.62. The fourth-order valence-corrected chi connectivity index (χ4v) is 3.27. The molecule has 239 valence electrons. The number of ether oxygens (including phenoxy) is 2. The molecule has 12 nitrogen and oxygen atoms in total. The van der Waals surface area contributed by atoms with E-state index in [-0.39, 0.29) is 39.2 Å². The Morgan fingerprint density at radius 1 is 1.26 bits per heavy atom. The Kier molecular flexibility index (Phi) is 12.6. The van der Waals surface area contributed by atoms with Crippen molar-refractivity contribution < 1.29 is 66.1 Å². The van der Waals surface area contributed by atoms with Crippen LogP contribution in [0, 0.1) is 6.20 Å². The monoisotopic (exact) mass is 791 g/mol. The summed E-state index contributed by atoms with van der Waals surface area (Å²) in [6.45, 7) is 0.811. The van der Waals surface area contributed by atoms with Crippen LogP contribution in [0.25, 0.3) is 11.0 Å². The number of imidazole rings is 1. The number of urea groups is 1. The van der Waals surface area contributed by atoms with Gasteiger partial charge < -0.3 is 34.8 Å². The Morgan fingerprint density at radius 3 is 2.47 bits per heavy atom. The minimum absolute atomic E-state index is 0. The van der Waals surface area contributed by atoms with Crippen molar-refractivity contribution in [3.63, 3.8) is 0 Å². The van der Waals surface area contributed by atoms with Crippen LogP contribution in [0.1, 0.15) is 48.6 Å². The van der Waals surface area contributed by atoms with Crippen molar-refractivity contribution in [3.05, 3.63) is 41.5 Å². The van der Waals surface area contributed by atoms with Crippen LogP contribution < -0.4 is 10.6 Å². The molecule has 1 aliphatic heterocycles. The number of aromatic nitrogens is 4. The maximum atomic E-state index is 13.5. The molecule has 2 aromatic heterocycles. The van der Waals surface area contributed by atoms with Gasteiger partial charge in [0.1, 0.15) is 11.7 Å². The average molecular weight is 791 g/mol. The maximum absolute atomic E-state index is 13.5. The average Bonchev–Trinajstić information content (AvgIpc) is 3.44. The first-order valence-electron chi connectivity index (χ1n) is 12.7. The van der Waals surface area contributed by atoms with Gasteiger partial charge in [0.15, 0.2) is 5.60 Å². The fourth-order valence-electron chi connectivity index (χ4n) is 3.27. The number of fused-ring (bicyclic) bond motifs is 1. The Bertz CT molecular complexity index is 1330. The van der Waals surface area contributed by atoms with E-state index in [1.165, 1.54) is 12.8 Å². The number of carbonyl (C=O) groups excluding carboxylic acids is 2. The van der Waals surface area contributed by atoms with Gasteiger partial charge in [-0.25, -0.2) is 18.6 Å². The zero-order valence-electron chi connectivity index (χ0n) is 23.6. The summed E-state index contributed by atoms with van der Waals surface area (Å²) in [5.41, 5.74) is -0.137. The van der Waals surface area contributed by atoms with E-state index in [2.05, 4.69) is 46.5 Å². The zero-order chi connectivity index (χ0) is 31.1. The van der Waals surface area contributed by atoms with E-state index in [1.807, 2.05) is 0 Å². The van der Waals surface area contributed by atoms with Crippen molar-refractivity contribution in [1.29, 1.82) is 0 Å². The van der Waals surface area contributed by atoms with E-state index >= 15 is 0 Å². The van der Waals surface area contributed by atoms with Crippen LogP contribution in [0.15, 0.2) is 22.8 Å². The molecule has 2 aliphatic rings. The van der Waals surface area contributed by atoms with E-state index in [0.717, 1.165) is 25.9 Å². The van der Waals surface area contributed by atoms with Crippen molar-refractivity contribution in [2.45, 2.75) is 63.6 Å². The van der Waals surface area contributed by atoms with Gasteiger partial charge >= 0.3 is 12.2 Å². The second kappa shape index (κ2) is 15.0. The molecule has 1 aliphatic carbocycles. The first-order valence-corrected chi connectivity index (χ1v) is 12.7. The maximum Gasteiger partial charge on any atom is 0.416 e. The number of halogens is 5. The number of H-pyrrole nitrogens is 1. The number of hydrogen-bond donors (Lipinski definition) is 3. The van der Waals surface area contributed by atoms with E-state index in [1.54, 1.807) is 25.3 Å². The van der Waals surface area contributed by atoms with Crippen LogP contribution in [0.3, 0.4) is 0 Å². The molecule has 3 amide bonds. The summed E-state index contributed by atoms with van der Waals surface area (Å²) >= 11 is 0. The third kappa shape index (κ3) is 10.8. The summed E-state index contributed by atoms with van der Waals surface area (Å²) in [7, 11) is 2.80. The molecule has 0 spiro atoms. The summed E-state index contributed by atoms with van der Waals surface area (Å²) in [6.07, 6.45) is 1.23. The van der Waals surface area contributed by atoms with Crippen LogP contribution in [-0.2, 0) is 43.0 Å². The second-order valence-electron chi connectivity index (χ2n) is 9.96. The predicted molar refractivity (Wildman–Crippen MR) is 136 cm³/mol. The van der Waals surface area contributed by atoms with E-state index in [4.69, 9.17) is 4.74 Å². The van der Waals surface area contributed by atoms with Gasteiger partial charge in [-0.15, -0.1) is 0 Å². The number of alkyl halides is 5. The molecule has 1 aromatic carbocycles. The molecule has 0 unspecified atom stereocenters. The Morgan fingerprint density at radius 2 is 1.95 bits per heavy atom. The van der Waals surface area contributed by atoms with E-state index in [9.17, 15) is 31.5 Å². The molecule has 1 radical (unpaired) electrons. The van der Waals surface area contributed by atoms with Crippen molar-refractivity contribution >= 4 is 23.0 Å². The van der Waals surface area contributed by atoms with Crippen LogP contribution in [0.4, 0.5) is 26.7 Å². The molecule has 5 rings (SSSR count). The third-order valence-electron chi connectivity index (χ3n) is 6.18. The number of nitrogens with one attached hydrogen (secondary N) is 3. The number of rotatable bonds is 7. The molecule has 3 aromatic rings. The molecule has 0 bridgehead atoms. The topological polar surface area (TPSA) is 148 Å². The molecular formula is C25H31F5N7O5Re-. The summed E-state index contributed by atoms with van der Waals surface area (Å²) in [4.78, 5) is 32.0. The molecule has 2 fully saturated rings. The number of methoxy groups -OCH3 is 2. The Hall–Kier alpha value is -3.20. The van der Waals surface area contributed by atoms with E-state index < -0.39 is 42.7 Å². The molecule has 3 N–H and O–H groups in total. The fraction of sp³-hybridized carbons (Fsp3) is 0.560. The van der Waals surface area contributed by atoms with Gasteiger partial charge in [0.05, 0.1) is 36.8 Å². The van der Waals surface area contributed by atoms with Gasteiger partial charge in [-0.2, -0.15) is 18.3 Å². The molecule has 43 heavy (non-hydrogen) atoms. The van der Waals surface area contributed by atoms with Gasteiger partial charge in [-0.3, -0.25) is 4.63 Å². The molecule has 1 saturated carbocycles. The van der Waals surface area contributed by atoms with Crippen LogP contribution in [0.2, 0.25) is 0 Å². The number of hydrogen-bond acceptors (Lipinski definition) is 8. The van der Waals surface area contributed by atoms with Gasteiger partial charge in [0.2, 0.25) is 0 Å². The first kappa shape index (κ1) is 36.0. The van der Waals surface area contributed by atoms with E-state index in [0.29, 0.717) is 28.5 Å². The first-order chi connectivity index (χ1) is 19.6. The molecular weight excluding hydrogens is 760 g/mol. The molecule has 1 saturated heterocycles. The quantitative estimate of drug-likeness (QED) is 0.243. The molecule has 0 atom stereocenters. The normalized spacial score (nSPS) is 16.2. The minimum Gasteiger partial charge on any atom is -0.422 e. The number of aromatic amines is 1. The zero-order valence-corrected chi connectivity index (χ0v) is 26.4. The Labute approximate surface area is 257 Å². The number of amides is 3. The Balaban J connectivity index is 0.000000357. The van der Waals surface area contributed by atoms with Crippen LogP contribution in [-0.4, -0.2) is 88.2 Å². The largest absolute Gasteiger partial charge is 0.422 e. The van der Waals surface area contributed by atoms with Crippen LogP contribution >= 0.6 is 0 Å². The number of carbonyl (C=O) groups is 2. The second-order valence-corrected chi connectivity index (χ2v) is 9.96. The van der Waals surface area contributed by atoms with Crippen LogP contribution in [0.5, 0.6) is 0 Å².